The van der Waals surface area contributed by atoms with Crippen LogP contribution in [0.5, 0.6) is 0 Å². The summed E-state index contributed by atoms with van der Waals surface area (Å²) in [6.45, 7) is 0. The fraction of sp³-hybridized carbons (Fsp3) is 0.462. The largest absolute Gasteiger partial charge is 0.367 e. The number of carbonyl (C=O) groups is 1. The monoisotopic (exact) mass is 244 g/mol. The maximum Gasteiger partial charge on any atom is 0.152 e. The lowest BCUT2D eigenvalue weighted by Gasteiger charge is -2.23. The van der Waals surface area contributed by atoms with Crippen LogP contribution in [0.1, 0.15) is 42.5 Å². The number of aromatic amines is 1. The molecule has 1 aliphatic carbocycles. The first-order valence-corrected chi connectivity index (χ1v) is 6.42. The lowest BCUT2D eigenvalue weighted by atomic mass is 9.95. The van der Waals surface area contributed by atoms with Crippen LogP contribution in [0.25, 0.3) is 11.0 Å². The molecule has 18 heavy (non-hydrogen) atoms. The second-order valence-electron chi connectivity index (χ2n) is 4.79. The number of hydrogen-bond acceptors (Lipinski definition) is 4. The van der Waals surface area contributed by atoms with Gasteiger partial charge in [0.2, 0.25) is 0 Å². The van der Waals surface area contributed by atoms with Gasteiger partial charge in [-0.05, 0) is 12.8 Å². The van der Waals surface area contributed by atoms with Crippen molar-refractivity contribution in [2.24, 2.45) is 0 Å². The maximum atomic E-state index is 11.0. The van der Waals surface area contributed by atoms with E-state index in [0.717, 1.165) is 17.5 Å². The smallest absolute Gasteiger partial charge is 0.152 e. The van der Waals surface area contributed by atoms with Gasteiger partial charge in [0.1, 0.15) is 17.8 Å². The molecule has 0 atom stereocenters. The zero-order valence-electron chi connectivity index (χ0n) is 10.1. The van der Waals surface area contributed by atoms with Gasteiger partial charge in [-0.3, -0.25) is 4.79 Å². The molecule has 1 saturated carbocycles. The van der Waals surface area contributed by atoms with E-state index in [9.17, 15) is 4.79 Å². The van der Waals surface area contributed by atoms with E-state index in [1.807, 2.05) is 0 Å². The number of fused-ring (bicyclic) bond motifs is 1. The van der Waals surface area contributed by atoms with Crippen molar-refractivity contribution in [1.82, 2.24) is 15.0 Å². The predicted molar refractivity (Wildman–Crippen MR) is 69.8 cm³/mol. The average molecular weight is 244 g/mol. The summed E-state index contributed by atoms with van der Waals surface area (Å²) >= 11 is 0. The molecule has 0 aromatic carbocycles. The molecule has 0 radical (unpaired) electrons. The zero-order chi connectivity index (χ0) is 12.4. The number of nitrogens with one attached hydrogen (secondary N) is 2. The fourth-order valence-corrected chi connectivity index (χ4v) is 2.63. The molecule has 0 aliphatic heterocycles. The Labute approximate surface area is 105 Å². The van der Waals surface area contributed by atoms with Crippen LogP contribution in [-0.4, -0.2) is 27.3 Å². The molecule has 3 rings (SSSR count). The first-order chi connectivity index (χ1) is 8.88. The molecule has 5 nitrogen and oxygen atoms in total. The molecule has 2 aromatic heterocycles. The maximum absolute atomic E-state index is 11.0. The summed E-state index contributed by atoms with van der Waals surface area (Å²) in [5.41, 5.74) is 1.33. The van der Waals surface area contributed by atoms with Gasteiger partial charge in [-0.25, -0.2) is 9.97 Å². The molecule has 5 heteroatoms. The van der Waals surface area contributed by atoms with Gasteiger partial charge in [0.25, 0.3) is 0 Å². The van der Waals surface area contributed by atoms with E-state index in [2.05, 4.69) is 20.3 Å². The number of aldehydes is 1. The fourth-order valence-electron chi connectivity index (χ4n) is 2.63. The normalized spacial score (nSPS) is 16.9. The van der Waals surface area contributed by atoms with E-state index in [4.69, 9.17) is 0 Å². The summed E-state index contributed by atoms with van der Waals surface area (Å²) in [6, 6.07) is 0.464. The topological polar surface area (TPSA) is 70.7 Å². The van der Waals surface area contributed by atoms with Gasteiger partial charge < -0.3 is 10.3 Å². The van der Waals surface area contributed by atoms with Crippen molar-refractivity contribution in [1.29, 1.82) is 0 Å². The Balaban J connectivity index is 1.94. The molecule has 0 bridgehead atoms. The lowest BCUT2D eigenvalue weighted by Crippen LogP contribution is -2.23. The molecule has 2 aromatic rings. The second-order valence-corrected chi connectivity index (χ2v) is 4.79. The minimum atomic E-state index is 0.464. The number of anilines is 1. The summed E-state index contributed by atoms with van der Waals surface area (Å²) < 4.78 is 0. The molecule has 2 N–H and O–H groups in total. The number of aromatic nitrogens is 3. The van der Waals surface area contributed by atoms with Crippen LogP contribution in [0.4, 0.5) is 5.82 Å². The summed E-state index contributed by atoms with van der Waals surface area (Å²) in [7, 11) is 0. The van der Waals surface area contributed by atoms with E-state index in [0.29, 0.717) is 17.3 Å². The van der Waals surface area contributed by atoms with Gasteiger partial charge in [-0.1, -0.05) is 19.3 Å². The van der Waals surface area contributed by atoms with Gasteiger partial charge >= 0.3 is 0 Å². The third-order valence-electron chi connectivity index (χ3n) is 3.57. The Bertz CT molecular complexity index is 557. The Hall–Kier alpha value is -1.91. The molecule has 0 spiro atoms. The summed E-state index contributed by atoms with van der Waals surface area (Å²) in [4.78, 5) is 22.4. The summed E-state index contributed by atoms with van der Waals surface area (Å²) in [6.07, 6.45) is 10.2. The van der Waals surface area contributed by atoms with Crippen LogP contribution in [-0.2, 0) is 0 Å². The van der Waals surface area contributed by atoms with Gasteiger partial charge in [0, 0.05) is 17.8 Å². The SMILES string of the molecule is O=Cc1c[nH]c2ncnc(NC3CCCCC3)c12. The van der Waals surface area contributed by atoms with E-state index < -0.39 is 0 Å². The van der Waals surface area contributed by atoms with Crippen molar-refractivity contribution in [3.05, 3.63) is 18.1 Å². The molecule has 0 unspecified atom stereocenters. The van der Waals surface area contributed by atoms with Gasteiger partial charge in [0.15, 0.2) is 6.29 Å². The summed E-state index contributed by atoms with van der Waals surface area (Å²) in [5, 5.41) is 4.26. The molecule has 94 valence electrons. The Kier molecular flexibility index (Phi) is 2.96. The third-order valence-corrected chi connectivity index (χ3v) is 3.57. The van der Waals surface area contributed by atoms with Gasteiger partial charge in [-0.15, -0.1) is 0 Å². The zero-order valence-corrected chi connectivity index (χ0v) is 10.1. The number of rotatable bonds is 3. The standard InChI is InChI=1S/C13H16N4O/c18-7-9-6-14-12-11(9)13(16-8-15-12)17-10-4-2-1-3-5-10/h6-8,10H,1-5H2,(H2,14,15,16,17). The first-order valence-electron chi connectivity index (χ1n) is 6.42. The molecule has 1 aliphatic rings. The average Bonchev–Trinajstić information content (AvgIpc) is 2.84. The van der Waals surface area contributed by atoms with Crippen molar-refractivity contribution < 1.29 is 4.79 Å². The number of nitrogens with zero attached hydrogens (tertiary/aromatic N) is 2. The minimum Gasteiger partial charge on any atom is -0.367 e. The Morgan fingerprint density at radius 2 is 2.11 bits per heavy atom. The molecular weight excluding hydrogens is 228 g/mol. The van der Waals surface area contributed by atoms with E-state index >= 15 is 0 Å². The highest BCUT2D eigenvalue weighted by Crippen LogP contribution is 2.26. The van der Waals surface area contributed by atoms with Crippen LogP contribution < -0.4 is 5.32 Å². The number of hydrogen-bond donors (Lipinski definition) is 2. The van der Waals surface area contributed by atoms with Crippen molar-refractivity contribution in [2.75, 3.05) is 5.32 Å². The predicted octanol–water partition coefficient (Wildman–Crippen LogP) is 2.52. The van der Waals surface area contributed by atoms with E-state index in [-0.39, 0.29) is 0 Å². The lowest BCUT2D eigenvalue weighted by molar-refractivity contribution is 0.112. The molecule has 0 amide bonds. The van der Waals surface area contributed by atoms with Crippen molar-refractivity contribution in [3.63, 3.8) is 0 Å². The van der Waals surface area contributed by atoms with Crippen molar-refractivity contribution >= 4 is 23.1 Å². The van der Waals surface area contributed by atoms with Crippen LogP contribution >= 0.6 is 0 Å². The first kappa shape index (κ1) is 11.2. The van der Waals surface area contributed by atoms with Crippen molar-refractivity contribution in [3.8, 4) is 0 Å². The molecule has 0 saturated heterocycles. The third kappa shape index (κ3) is 1.96. The number of carbonyl (C=O) groups excluding carboxylic acids is 1. The number of H-pyrrole nitrogens is 1. The van der Waals surface area contributed by atoms with Gasteiger partial charge in [-0.2, -0.15) is 0 Å². The minimum absolute atomic E-state index is 0.464. The highest BCUT2D eigenvalue weighted by atomic mass is 16.1. The molecular formula is C13H16N4O. The molecule has 1 fully saturated rings. The highest BCUT2D eigenvalue weighted by Gasteiger charge is 2.16. The van der Waals surface area contributed by atoms with Crippen LogP contribution in [0.2, 0.25) is 0 Å². The summed E-state index contributed by atoms with van der Waals surface area (Å²) in [5.74, 6) is 0.773. The van der Waals surface area contributed by atoms with Crippen LogP contribution in [0, 0.1) is 0 Å². The quantitative estimate of drug-likeness (QED) is 0.814. The Morgan fingerprint density at radius 3 is 2.89 bits per heavy atom. The van der Waals surface area contributed by atoms with Gasteiger partial charge in [0.05, 0.1) is 5.39 Å². The van der Waals surface area contributed by atoms with Crippen molar-refractivity contribution in [2.45, 2.75) is 38.1 Å². The Morgan fingerprint density at radius 1 is 1.28 bits per heavy atom. The second kappa shape index (κ2) is 4.76. The van der Waals surface area contributed by atoms with Crippen LogP contribution in [0.15, 0.2) is 12.5 Å². The van der Waals surface area contributed by atoms with Crippen LogP contribution in [0.3, 0.4) is 0 Å². The molecule has 2 heterocycles. The van der Waals surface area contributed by atoms with E-state index in [1.54, 1.807) is 6.20 Å². The highest BCUT2D eigenvalue weighted by molar-refractivity contribution is 6.01. The van der Waals surface area contributed by atoms with E-state index in [1.165, 1.54) is 38.4 Å².